The number of hydrogen-bond donors (Lipinski definition) is 0. The Hall–Kier alpha value is -0.275. The number of rotatable bonds is 3. The van der Waals surface area contributed by atoms with Crippen LogP contribution < -0.4 is 0 Å². The lowest BCUT2D eigenvalue weighted by molar-refractivity contribution is -0.0142. The molecule has 2 nitrogen and oxygen atoms in total. The minimum atomic E-state index is 0.0923. The molecule has 2 bridgehead atoms. The molecule has 106 valence electrons. The van der Waals surface area contributed by atoms with Crippen LogP contribution in [0.4, 0.5) is 0 Å². The van der Waals surface area contributed by atoms with E-state index < -0.39 is 0 Å². The molecule has 3 rings (SSSR count). The summed E-state index contributed by atoms with van der Waals surface area (Å²) in [6.07, 6.45) is 14.2. The quantitative estimate of drug-likeness (QED) is 0.566. The minimum absolute atomic E-state index is 0.0923. The van der Waals surface area contributed by atoms with Gasteiger partial charge < -0.3 is 9.39 Å². The molecule has 19 heavy (non-hydrogen) atoms. The molecule has 0 aromatic rings. The van der Waals surface area contributed by atoms with Crippen molar-refractivity contribution in [2.75, 3.05) is 14.2 Å². The number of methoxy groups -OCH3 is 1. The second kappa shape index (κ2) is 5.61. The van der Waals surface area contributed by atoms with Crippen molar-refractivity contribution in [2.24, 2.45) is 11.8 Å². The summed E-state index contributed by atoms with van der Waals surface area (Å²) in [6, 6.07) is 0. The third-order valence-electron chi connectivity index (χ3n) is 5.71. The molecule has 0 amide bonds. The van der Waals surface area contributed by atoms with E-state index >= 15 is 0 Å². The highest BCUT2D eigenvalue weighted by molar-refractivity contribution is 6.52. The van der Waals surface area contributed by atoms with E-state index in [4.69, 9.17) is 9.39 Å². The highest BCUT2D eigenvalue weighted by Gasteiger charge is 2.42. The van der Waals surface area contributed by atoms with Crippen LogP contribution in [0.15, 0.2) is 11.6 Å². The Kier molecular flexibility index (Phi) is 4.05. The summed E-state index contributed by atoms with van der Waals surface area (Å²) in [5, 5.41) is 0. The minimum Gasteiger partial charge on any atom is -0.438 e. The van der Waals surface area contributed by atoms with E-state index in [1.807, 2.05) is 14.2 Å². The van der Waals surface area contributed by atoms with Gasteiger partial charge in [0.05, 0.1) is 5.60 Å². The number of fused-ring (bicyclic) bond motifs is 2. The fourth-order valence-corrected chi connectivity index (χ4v) is 4.70. The maximum Gasteiger partial charge on any atom is 0.293 e. The SMILES string of the molecule is COB1C[C@H]2C=C(C3(OC)CCCCC3)C[C@@H](C1)C2. The van der Waals surface area contributed by atoms with Gasteiger partial charge in [-0.2, -0.15) is 0 Å². The lowest BCUT2D eigenvalue weighted by Gasteiger charge is -2.44. The van der Waals surface area contributed by atoms with Gasteiger partial charge >= 0.3 is 0 Å². The summed E-state index contributed by atoms with van der Waals surface area (Å²) in [5.41, 5.74) is 1.72. The molecule has 2 fully saturated rings. The average molecular weight is 262 g/mol. The van der Waals surface area contributed by atoms with Gasteiger partial charge in [-0.3, -0.25) is 0 Å². The second-order valence-electron chi connectivity index (χ2n) is 6.85. The maximum atomic E-state index is 6.04. The van der Waals surface area contributed by atoms with E-state index in [1.54, 1.807) is 5.57 Å². The van der Waals surface area contributed by atoms with Gasteiger partial charge in [0, 0.05) is 14.2 Å². The van der Waals surface area contributed by atoms with Gasteiger partial charge in [-0.05, 0) is 55.7 Å². The van der Waals surface area contributed by atoms with Crippen LogP contribution in [0.5, 0.6) is 0 Å². The molecule has 1 heterocycles. The number of allylic oxidation sites excluding steroid dienone is 1. The Morgan fingerprint density at radius 1 is 1.16 bits per heavy atom. The van der Waals surface area contributed by atoms with Crippen LogP contribution >= 0.6 is 0 Å². The molecule has 0 radical (unpaired) electrons. The summed E-state index contributed by atoms with van der Waals surface area (Å²) < 4.78 is 11.6. The van der Waals surface area contributed by atoms with Crippen LogP contribution in [-0.2, 0) is 9.39 Å². The van der Waals surface area contributed by atoms with Crippen molar-refractivity contribution in [3.63, 3.8) is 0 Å². The Morgan fingerprint density at radius 3 is 2.58 bits per heavy atom. The average Bonchev–Trinajstić information content (AvgIpc) is 2.46. The van der Waals surface area contributed by atoms with Gasteiger partial charge in [-0.15, -0.1) is 0 Å². The topological polar surface area (TPSA) is 18.5 Å². The van der Waals surface area contributed by atoms with Crippen LogP contribution in [0.3, 0.4) is 0 Å². The lowest BCUT2D eigenvalue weighted by Crippen LogP contribution is -2.41. The van der Waals surface area contributed by atoms with Gasteiger partial charge in [0.25, 0.3) is 6.92 Å². The molecule has 0 spiro atoms. The molecule has 0 N–H and O–H groups in total. The Balaban J connectivity index is 1.79. The first-order valence-electron chi connectivity index (χ1n) is 8.05. The predicted molar refractivity (Wildman–Crippen MR) is 79.5 cm³/mol. The fourth-order valence-electron chi connectivity index (χ4n) is 4.70. The van der Waals surface area contributed by atoms with Gasteiger partial charge in [0.1, 0.15) is 0 Å². The van der Waals surface area contributed by atoms with Crippen molar-refractivity contribution in [3.8, 4) is 0 Å². The Morgan fingerprint density at radius 2 is 1.95 bits per heavy atom. The van der Waals surface area contributed by atoms with Crippen LogP contribution in [-0.4, -0.2) is 26.7 Å². The molecule has 1 saturated heterocycles. The molecule has 3 aliphatic rings. The molecule has 1 aliphatic heterocycles. The van der Waals surface area contributed by atoms with E-state index in [2.05, 4.69) is 6.08 Å². The highest BCUT2D eigenvalue weighted by Crippen LogP contribution is 2.47. The largest absolute Gasteiger partial charge is 0.438 e. The molecular weight excluding hydrogens is 235 g/mol. The molecule has 0 aromatic heterocycles. The van der Waals surface area contributed by atoms with E-state index in [-0.39, 0.29) is 5.60 Å². The standard InChI is InChI=1S/C16H27BO2/c1-18-16(6-4-3-5-7-16)15-9-13-8-14(10-15)12-17(11-13)19-2/h9,13-14H,3-8,10-12H2,1-2H3/t13-,14+/m1/s1. The predicted octanol–water partition coefficient (Wildman–Crippen LogP) is 3.94. The number of ether oxygens (including phenoxy) is 1. The van der Waals surface area contributed by atoms with Crippen LogP contribution in [0, 0.1) is 11.8 Å². The molecule has 2 aliphatic carbocycles. The summed E-state index contributed by atoms with van der Waals surface area (Å²) in [6.45, 7) is 0.492. The third kappa shape index (κ3) is 2.64. The smallest absolute Gasteiger partial charge is 0.293 e. The molecular formula is C16H27BO2. The molecule has 0 aromatic carbocycles. The monoisotopic (exact) mass is 262 g/mol. The number of hydrogen-bond acceptors (Lipinski definition) is 2. The van der Waals surface area contributed by atoms with Gasteiger partial charge in [0.15, 0.2) is 0 Å². The zero-order valence-corrected chi connectivity index (χ0v) is 12.5. The van der Waals surface area contributed by atoms with Crippen molar-refractivity contribution in [1.29, 1.82) is 0 Å². The van der Waals surface area contributed by atoms with Crippen molar-refractivity contribution in [2.45, 2.75) is 63.2 Å². The second-order valence-corrected chi connectivity index (χ2v) is 6.85. The first kappa shape index (κ1) is 13.7. The van der Waals surface area contributed by atoms with Crippen molar-refractivity contribution >= 4 is 6.92 Å². The summed E-state index contributed by atoms with van der Waals surface area (Å²) >= 11 is 0. The zero-order valence-electron chi connectivity index (χ0n) is 12.5. The fraction of sp³-hybridized carbons (Fsp3) is 0.875. The highest BCUT2D eigenvalue weighted by atomic mass is 16.5. The van der Waals surface area contributed by atoms with E-state index in [9.17, 15) is 0 Å². The molecule has 2 atom stereocenters. The first-order chi connectivity index (χ1) is 9.25. The third-order valence-corrected chi connectivity index (χ3v) is 5.71. The summed E-state index contributed by atoms with van der Waals surface area (Å²) in [5.74, 6) is 1.57. The molecule has 0 unspecified atom stereocenters. The van der Waals surface area contributed by atoms with Crippen LogP contribution in [0.1, 0.15) is 44.9 Å². The van der Waals surface area contributed by atoms with Crippen molar-refractivity contribution < 1.29 is 9.39 Å². The summed E-state index contributed by atoms with van der Waals surface area (Å²) in [4.78, 5) is 0. The van der Waals surface area contributed by atoms with Gasteiger partial charge in [0.2, 0.25) is 0 Å². The molecule has 1 saturated carbocycles. The Bertz CT molecular complexity index is 347. The van der Waals surface area contributed by atoms with Crippen LogP contribution in [0.25, 0.3) is 0 Å². The van der Waals surface area contributed by atoms with Gasteiger partial charge in [-0.25, -0.2) is 0 Å². The maximum absolute atomic E-state index is 6.04. The lowest BCUT2D eigenvalue weighted by atomic mass is 9.47. The van der Waals surface area contributed by atoms with E-state index in [1.165, 1.54) is 57.6 Å². The van der Waals surface area contributed by atoms with Crippen molar-refractivity contribution in [3.05, 3.63) is 11.6 Å². The van der Waals surface area contributed by atoms with Crippen LogP contribution in [0.2, 0.25) is 12.6 Å². The van der Waals surface area contributed by atoms with E-state index in [0.717, 1.165) is 11.8 Å². The molecule has 3 heteroatoms. The van der Waals surface area contributed by atoms with Gasteiger partial charge in [-0.1, -0.05) is 25.3 Å². The first-order valence-corrected chi connectivity index (χ1v) is 8.05. The van der Waals surface area contributed by atoms with Crippen molar-refractivity contribution in [1.82, 2.24) is 0 Å². The Labute approximate surface area is 118 Å². The summed E-state index contributed by atoms with van der Waals surface area (Å²) in [7, 11) is 3.79. The van der Waals surface area contributed by atoms with E-state index in [0.29, 0.717) is 6.92 Å². The zero-order chi connectivity index (χ0) is 13.3. The normalized spacial score (nSPS) is 34.0.